The van der Waals surface area contributed by atoms with Gasteiger partial charge in [-0.25, -0.2) is 9.78 Å². The molecule has 26 heavy (non-hydrogen) atoms. The quantitative estimate of drug-likeness (QED) is 0.489. The average Bonchev–Trinajstić information content (AvgIpc) is 3.13. The van der Waals surface area contributed by atoms with Crippen LogP contribution >= 0.6 is 11.3 Å². The van der Waals surface area contributed by atoms with E-state index in [4.69, 9.17) is 14.2 Å². The molecule has 3 aromatic rings. The number of fused-ring (bicyclic) bond motifs is 1. The van der Waals surface area contributed by atoms with Crippen molar-refractivity contribution in [1.82, 2.24) is 9.38 Å². The van der Waals surface area contributed by atoms with E-state index in [0.29, 0.717) is 22.2 Å². The minimum Gasteiger partial charge on any atom is -0.493 e. The Balaban J connectivity index is 1.64. The van der Waals surface area contributed by atoms with Crippen LogP contribution in [0.15, 0.2) is 46.7 Å². The lowest BCUT2D eigenvalue weighted by Crippen LogP contribution is -2.14. The molecule has 2 aromatic heterocycles. The maximum Gasteiger partial charge on any atom is 0.331 e. The summed E-state index contributed by atoms with van der Waals surface area (Å²) in [5, 5.41) is 1.77. The molecule has 0 radical (unpaired) electrons. The lowest BCUT2D eigenvalue weighted by atomic mass is 10.2. The number of benzene rings is 1. The fourth-order valence-corrected chi connectivity index (χ4v) is 3.01. The summed E-state index contributed by atoms with van der Waals surface area (Å²) in [7, 11) is 3.09. The van der Waals surface area contributed by atoms with Crippen LogP contribution in [0, 0.1) is 0 Å². The van der Waals surface area contributed by atoms with Gasteiger partial charge in [-0.15, -0.1) is 11.3 Å². The number of aromatic nitrogens is 2. The highest BCUT2D eigenvalue weighted by atomic mass is 32.1. The van der Waals surface area contributed by atoms with Crippen molar-refractivity contribution in [2.45, 2.75) is 6.61 Å². The number of esters is 1. The molecular formula is C18H16N2O5S. The number of carbonyl (C=O) groups is 1. The fraction of sp³-hybridized carbons (Fsp3) is 0.167. The molecule has 0 N–H and O–H groups in total. The van der Waals surface area contributed by atoms with E-state index in [1.807, 2.05) is 0 Å². The fourth-order valence-electron chi connectivity index (χ4n) is 2.28. The number of carbonyl (C=O) groups excluding carboxylic acids is 1. The van der Waals surface area contributed by atoms with E-state index in [1.165, 1.54) is 27.9 Å². The molecule has 3 rings (SSSR count). The third-order valence-electron chi connectivity index (χ3n) is 3.54. The van der Waals surface area contributed by atoms with Gasteiger partial charge in [-0.2, -0.15) is 0 Å². The summed E-state index contributed by atoms with van der Waals surface area (Å²) >= 11 is 1.34. The zero-order chi connectivity index (χ0) is 18.5. The van der Waals surface area contributed by atoms with Crippen LogP contribution in [-0.2, 0) is 16.1 Å². The Bertz CT molecular complexity index is 1020. The molecule has 0 aliphatic rings. The van der Waals surface area contributed by atoms with Crippen LogP contribution in [0.25, 0.3) is 11.0 Å². The predicted molar refractivity (Wildman–Crippen MR) is 97.7 cm³/mol. The Morgan fingerprint density at radius 1 is 1.23 bits per heavy atom. The van der Waals surface area contributed by atoms with Crippen molar-refractivity contribution in [3.63, 3.8) is 0 Å². The van der Waals surface area contributed by atoms with E-state index in [9.17, 15) is 9.59 Å². The number of rotatable bonds is 6. The van der Waals surface area contributed by atoms with E-state index >= 15 is 0 Å². The van der Waals surface area contributed by atoms with Gasteiger partial charge in [0.25, 0.3) is 5.56 Å². The number of hydrogen-bond donors (Lipinski definition) is 0. The smallest absolute Gasteiger partial charge is 0.331 e. The molecule has 0 amide bonds. The molecule has 1 aromatic carbocycles. The number of nitrogens with zero attached hydrogens (tertiary/aromatic N) is 2. The predicted octanol–water partition coefficient (Wildman–Crippen LogP) is 2.53. The van der Waals surface area contributed by atoms with Crippen molar-refractivity contribution < 1.29 is 19.0 Å². The molecule has 0 aliphatic heterocycles. The van der Waals surface area contributed by atoms with Gasteiger partial charge in [-0.05, 0) is 23.8 Å². The SMILES string of the molecule is COc1ccc(C=CC(=O)OCc2cc(=O)n3ccsc3n2)cc1OC. The van der Waals surface area contributed by atoms with E-state index in [1.54, 1.807) is 50.1 Å². The highest BCUT2D eigenvalue weighted by Gasteiger charge is 2.06. The van der Waals surface area contributed by atoms with Crippen molar-refractivity contribution in [1.29, 1.82) is 0 Å². The van der Waals surface area contributed by atoms with E-state index < -0.39 is 5.97 Å². The third-order valence-corrected chi connectivity index (χ3v) is 4.29. The zero-order valence-corrected chi connectivity index (χ0v) is 15.0. The summed E-state index contributed by atoms with van der Waals surface area (Å²) in [4.78, 5) is 28.6. The van der Waals surface area contributed by atoms with Crippen molar-refractivity contribution in [2.75, 3.05) is 14.2 Å². The summed E-state index contributed by atoms with van der Waals surface area (Å²) in [5.74, 6) is 0.637. The molecule has 0 spiro atoms. The number of methoxy groups -OCH3 is 2. The summed E-state index contributed by atoms with van der Waals surface area (Å²) in [6, 6.07) is 6.64. The molecule has 0 bridgehead atoms. The molecule has 0 saturated carbocycles. The molecule has 0 atom stereocenters. The highest BCUT2D eigenvalue weighted by Crippen LogP contribution is 2.27. The minimum absolute atomic E-state index is 0.0707. The zero-order valence-electron chi connectivity index (χ0n) is 14.2. The Morgan fingerprint density at radius 3 is 2.81 bits per heavy atom. The van der Waals surface area contributed by atoms with Crippen molar-refractivity contribution in [2.24, 2.45) is 0 Å². The van der Waals surface area contributed by atoms with Gasteiger partial charge in [0.05, 0.1) is 19.9 Å². The van der Waals surface area contributed by atoms with Gasteiger partial charge in [-0.1, -0.05) is 6.07 Å². The normalized spacial score (nSPS) is 11.0. The second-order valence-corrected chi connectivity index (χ2v) is 6.07. The Kier molecular flexibility index (Phi) is 5.33. The number of thiazole rings is 1. The lowest BCUT2D eigenvalue weighted by molar-refractivity contribution is -0.139. The van der Waals surface area contributed by atoms with E-state index in [2.05, 4.69) is 4.98 Å². The first-order chi connectivity index (χ1) is 12.6. The topological polar surface area (TPSA) is 79.1 Å². The van der Waals surface area contributed by atoms with Crippen LogP contribution in [0.3, 0.4) is 0 Å². The summed E-state index contributed by atoms with van der Waals surface area (Å²) in [6.45, 7) is -0.0707. The maximum absolute atomic E-state index is 11.9. The van der Waals surface area contributed by atoms with Crippen LogP contribution < -0.4 is 15.0 Å². The van der Waals surface area contributed by atoms with Gasteiger partial charge in [0.1, 0.15) is 6.61 Å². The molecule has 134 valence electrons. The standard InChI is InChI=1S/C18H16N2O5S/c1-23-14-5-3-12(9-15(14)24-2)4-6-17(22)25-11-13-10-16(21)20-7-8-26-18(20)19-13/h3-10H,11H2,1-2H3. The molecular weight excluding hydrogens is 356 g/mol. The van der Waals surface area contributed by atoms with Crippen LogP contribution in [0.1, 0.15) is 11.3 Å². The van der Waals surface area contributed by atoms with Crippen LogP contribution in [0.5, 0.6) is 11.5 Å². The molecule has 0 unspecified atom stereocenters. The molecule has 0 fully saturated rings. The van der Waals surface area contributed by atoms with E-state index in [-0.39, 0.29) is 12.2 Å². The van der Waals surface area contributed by atoms with Gasteiger partial charge >= 0.3 is 5.97 Å². The summed E-state index contributed by atoms with van der Waals surface area (Å²) in [5.41, 5.74) is 0.962. The van der Waals surface area contributed by atoms with E-state index in [0.717, 1.165) is 5.56 Å². The largest absolute Gasteiger partial charge is 0.493 e. The van der Waals surface area contributed by atoms with Gasteiger partial charge in [0, 0.05) is 23.7 Å². The Labute approximate surface area is 153 Å². The molecule has 2 heterocycles. The summed E-state index contributed by atoms with van der Waals surface area (Å²) < 4.78 is 17.0. The van der Waals surface area contributed by atoms with Gasteiger partial charge in [-0.3, -0.25) is 9.20 Å². The monoisotopic (exact) mass is 372 g/mol. The second kappa shape index (κ2) is 7.83. The molecule has 0 aliphatic carbocycles. The van der Waals surface area contributed by atoms with Crippen LogP contribution in [0.2, 0.25) is 0 Å². The van der Waals surface area contributed by atoms with Gasteiger partial charge < -0.3 is 14.2 Å². The second-order valence-electron chi connectivity index (χ2n) is 5.20. The number of ether oxygens (including phenoxy) is 3. The molecule has 7 nitrogen and oxygen atoms in total. The van der Waals surface area contributed by atoms with Gasteiger partial charge in [0.15, 0.2) is 16.5 Å². The van der Waals surface area contributed by atoms with Crippen LogP contribution in [-0.4, -0.2) is 29.6 Å². The van der Waals surface area contributed by atoms with Crippen molar-refractivity contribution in [3.8, 4) is 11.5 Å². The first-order valence-corrected chi connectivity index (χ1v) is 8.51. The third kappa shape index (κ3) is 3.92. The minimum atomic E-state index is -0.534. The van der Waals surface area contributed by atoms with Crippen LogP contribution in [0.4, 0.5) is 0 Å². The first kappa shape index (κ1) is 17.7. The van der Waals surface area contributed by atoms with Gasteiger partial charge in [0.2, 0.25) is 0 Å². The number of hydrogen-bond acceptors (Lipinski definition) is 7. The summed E-state index contributed by atoms with van der Waals surface area (Å²) in [6.07, 6.45) is 4.56. The Hall–Kier alpha value is -3.13. The molecule has 0 saturated heterocycles. The first-order valence-electron chi connectivity index (χ1n) is 7.63. The highest BCUT2D eigenvalue weighted by molar-refractivity contribution is 7.15. The maximum atomic E-state index is 11.9. The average molecular weight is 372 g/mol. The van der Waals surface area contributed by atoms with Crippen molar-refractivity contribution in [3.05, 3.63) is 63.5 Å². The molecule has 8 heteroatoms. The Morgan fingerprint density at radius 2 is 2.04 bits per heavy atom. The van der Waals surface area contributed by atoms with Crippen molar-refractivity contribution >= 4 is 28.3 Å². The lowest BCUT2D eigenvalue weighted by Gasteiger charge is -2.07.